The molecule has 11 heteroatoms. The number of fused-ring (bicyclic) bond motifs is 2. The number of ether oxygens (including phenoxy) is 5. The van der Waals surface area contributed by atoms with Gasteiger partial charge in [0.05, 0.1) is 11.0 Å². The summed E-state index contributed by atoms with van der Waals surface area (Å²) in [5.74, 6) is 0.173. The molecule has 0 radical (unpaired) electrons. The van der Waals surface area contributed by atoms with Gasteiger partial charge in [0, 0.05) is 34.8 Å². The van der Waals surface area contributed by atoms with Crippen molar-refractivity contribution in [2.24, 2.45) is 0 Å². The number of rotatable bonds is 6. The fourth-order valence-electron chi connectivity index (χ4n) is 4.15. The normalized spacial score (nSPS) is 13.4. The smallest absolute Gasteiger partial charge is 0.345 e. The number of nitro groups is 1. The maximum atomic E-state index is 12.9. The van der Waals surface area contributed by atoms with Gasteiger partial charge in [-0.1, -0.05) is 0 Å². The van der Waals surface area contributed by atoms with E-state index in [1.165, 1.54) is 6.07 Å². The van der Waals surface area contributed by atoms with Crippen LogP contribution in [-0.4, -0.2) is 47.9 Å². The molecule has 11 nitrogen and oxygen atoms in total. The fraction of sp³-hybridized carbons (Fsp3) is 0.250. The number of nitro benzene ring substituents is 1. The molecule has 5 rings (SSSR count). The number of hydrogen-bond donors (Lipinski definition) is 0. The van der Waals surface area contributed by atoms with E-state index >= 15 is 0 Å². The molecule has 2 aliphatic heterocycles. The highest BCUT2D eigenvalue weighted by atomic mass is 16.7. The van der Waals surface area contributed by atoms with Gasteiger partial charge in [0.2, 0.25) is 12.6 Å². The van der Waals surface area contributed by atoms with Crippen LogP contribution >= 0.6 is 0 Å². The number of hydrogen-bond acceptors (Lipinski definition) is 9. The summed E-state index contributed by atoms with van der Waals surface area (Å²) in [6.45, 7) is 3.87. The summed E-state index contributed by atoms with van der Waals surface area (Å²) in [6.07, 6.45) is 0. The number of carbonyl (C=O) groups is 2. The van der Waals surface area contributed by atoms with Gasteiger partial charge >= 0.3 is 5.97 Å². The Kier molecular flexibility index (Phi) is 5.51. The van der Waals surface area contributed by atoms with Gasteiger partial charge in [0.1, 0.15) is 18.8 Å². The summed E-state index contributed by atoms with van der Waals surface area (Å²) in [5, 5.41) is 11.4. The lowest BCUT2D eigenvalue weighted by Gasteiger charge is -2.20. The number of benzene rings is 2. The Labute approximate surface area is 198 Å². The zero-order valence-electron chi connectivity index (χ0n) is 18.9. The quantitative estimate of drug-likeness (QED) is 0.225. The molecule has 180 valence electrons. The molecule has 0 saturated heterocycles. The molecule has 1 aromatic heterocycles. The van der Waals surface area contributed by atoms with E-state index in [1.54, 1.807) is 13.0 Å². The third-order valence-corrected chi connectivity index (χ3v) is 5.76. The summed E-state index contributed by atoms with van der Waals surface area (Å²) < 4.78 is 28.6. The minimum atomic E-state index is -1.01. The number of aryl methyl sites for hydroxylation is 1. The van der Waals surface area contributed by atoms with Gasteiger partial charge in [-0.25, -0.2) is 4.79 Å². The first-order valence-electron chi connectivity index (χ1n) is 10.7. The van der Waals surface area contributed by atoms with E-state index in [4.69, 9.17) is 23.7 Å². The molecule has 0 fully saturated rings. The Balaban J connectivity index is 1.35. The molecule has 0 amide bonds. The molecule has 35 heavy (non-hydrogen) atoms. The van der Waals surface area contributed by atoms with Crippen LogP contribution in [0.25, 0.3) is 5.69 Å². The molecule has 0 bridgehead atoms. The Morgan fingerprint density at radius 1 is 0.943 bits per heavy atom. The van der Waals surface area contributed by atoms with Crippen molar-refractivity contribution in [1.29, 1.82) is 0 Å². The lowest BCUT2D eigenvalue weighted by Crippen LogP contribution is -2.16. The Morgan fingerprint density at radius 2 is 1.63 bits per heavy atom. The van der Waals surface area contributed by atoms with Crippen LogP contribution in [0.4, 0.5) is 5.69 Å². The molecule has 2 aromatic carbocycles. The average molecular weight is 480 g/mol. The zero-order chi connectivity index (χ0) is 24.7. The molecule has 0 saturated carbocycles. The van der Waals surface area contributed by atoms with Crippen LogP contribution in [0.1, 0.15) is 32.1 Å². The van der Waals surface area contributed by atoms with Crippen molar-refractivity contribution >= 4 is 17.4 Å². The molecular formula is C24H20N2O9. The molecule has 3 heterocycles. The van der Waals surface area contributed by atoms with Crippen LogP contribution in [0.5, 0.6) is 23.0 Å². The predicted molar refractivity (Wildman–Crippen MR) is 120 cm³/mol. The zero-order valence-corrected chi connectivity index (χ0v) is 18.9. The van der Waals surface area contributed by atoms with Crippen molar-refractivity contribution in [3.8, 4) is 28.7 Å². The predicted octanol–water partition coefficient (Wildman–Crippen LogP) is 3.54. The third kappa shape index (κ3) is 4.01. The maximum absolute atomic E-state index is 12.9. The molecule has 2 aliphatic rings. The minimum Gasteiger partial charge on any atom is -0.486 e. The Morgan fingerprint density at radius 3 is 2.37 bits per heavy atom. The molecule has 0 spiro atoms. The van der Waals surface area contributed by atoms with Gasteiger partial charge in [0.25, 0.3) is 5.69 Å². The van der Waals surface area contributed by atoms with Gasteiger partial charge in [-0.2, -0.15) is 0 Å². The van der Waals surface area contributed by atoms with Crippen LogP contribution in [0, 0.1) is 24.0 Å². The molecule has 0 N–H and O–H groups in total. The lowest BCUT2D eigenvalue weighted by molar-refractivity contribution is -0.385. The largest absolute Gasteiger partial charge is 0.486 e. The third-order valence-electron chi connectivity index (χ3n) is 5.76. The summed E-state index contributed by atoms with van der Waals surface area (Å²) in [5.41, 5.74) is 1.77. The second-order valence-electron chi connectivity index (χ2n) is 7.93. The van der Waals surface area contributed by atoms with Crippen molar-refractivity contribution in [3.05, 3.63) is 69.0 Å². The first-order chi connectivity index (χ1) is 16.8. The van der Waals surface area contributed by atoms with Crippen LogP contribution in [-0.2, 0) is 4.74 Å². The minimum absolute atomic E-state index is 0.109. The molecule has 0 aliphatic carbocycles. The monoisotopic (exact) mass is 480 g/mol. The first kappa shape index (κ1) is 22.3. The highest BCUT2D eigenvalue weighted by Gasteiger charge is 2.29. The second kappa shape index (κ2) is 8.67. The second-order valence-corrected chi connectivity index (χ2v) is 7.93. The van der Waals surface area contributed by atoms with E-state index in [1.807, 2.05) is 29.7 Å². The van der Waals surface area contributed by atoms with E-state index in [-0.39, 0.29) is 23.9 Å². The number of aromatic nitrogens is 1. The van der Waals surface area contributed by atoms with Crippen molar-refractivity contribution in [2.75, 3.05) is 26.6 Å². The number of carbonyl (C=O) groups excluding carboxylic acids is 2. The SMILES string of the molecule is Cc1cc(C(=O)COC(=O)c2cc3c(cc2[N+](=O)[O-])OCO3)c(C)n1-c1ccc2c(c1)OCCO2. The number of ketones is 1. The lowest BCUT2D eigenvalue weighted by atomic mass is 10.1. The van der Waals surface area contributed by atoms with E-state index < -0.39 is 29.0 Å². The molecular weight excluding hydrogens is 460 g/mol. The molecule has 3 aromatic rings. The van der Waals surface area contributed by atoms with Crippen molar-refractivity contribution < 1.29 is 38.2 Å². The summed E-state index contributed by atoms with van der Waals surface area (Å²) in [7, 11) is 0. The van der Waals surface area contributed by atoms with Crippen molar-refractivity contribution in [3.63, 3.8) is 0 Å². The van der Waals surface area contributed by atoms with E-state index in [9.17, 15) is 19.7 Å². The van der Waals surface area contributed by atoms with Gasteiger partial charge < -0.3 is 28.3 Å². The van der Waals surface area contributed by atoms with Gasteiger partial charge in [-0.15, -0.1) is 0 Å². The number of nitrogens with zero attached hydrogens (tertiary/aromatic N) is 2. The molecule has 0 atom stereocenters. The van der Waals surface area contributed by atoms with Crippen LogP contribution in [0.2, 0.25) is 0 Å². The maximum Gasteiger partial charge on any atom is 0.345 e. The van der Waals surface area contributed by atoms with E-state index in [0.717, 1.165) is 17.4 Å². The van der Waals surface area contributed by atoms with Crippen LogP contribution in [0.3, 0.4) is 0 Å². The summed E-state index contributed by atoms with van der Waals surface area (Å²) in [6, 6.07) is 9.49. The van der Waals surface area contributed by atoms with Crippen LogP contribution < -0.4 is 18.9 Å². The Hall–Kier alpha value is -4.54. The first-order valence-corrected chi connectivity index (χ1v) is 10.7. The molecule has 0 unspecified atom stereocenters. The standard InChI is InChI=1S/C24H20N2O9/c1-13-7-16(14(2)25(13)15-3-4-20-21(8-15)32-6-5-31-20)19(27)11-33-24(28)17-9-22-23(35-12-34-22)10-18(17)26(29)30/h3-4,7-10H,5-6,11-12H2,1-2H3. The van der Waals surface area contributed by atoms with Crippen molar-refractivity contribution in [2.45, 2.75) is 13.8 Å². The van der Waals surface area contributed by atoms with Gasteiger partial charge in [-0.3, -0.25) is 14.9 Å². The fourth-order valence-corrected chi connectivity index (χ4v) is 4.15. The summed E-state index contributed by atoms with van der Waals surface area (Å²) in [4.78, 5) is 36.2. The van der Waals surface area contributed by atoms with Gasteiger partial charge in [0.15, 0.2) is 29.6 Å². The van der Waals surface area contributed by atoms with E-state index in [2.05, 4.69) is 0 Å². The number of esters is 1. The van der Waals surface area contributed by atoms with Crippen molar-refractivity contribution in [1.82, 2.24) is 4.57 Å². The van der Waals surface area contributed by atoms with Crippen LogP contribution in [0.15, 0.2) is 36.4 Å². The average Bonchev–Trinajstić information content (AvgIpc) is 3.44. The topological polar surface area (TPSA) is 128 Å². The Bertz CT molecular complexity index is 1380. The number of Topliss-reactive ketones (excluding diaryl/α,β-unsaturated/α-hetero) is 1. The van der Waals surface area contributed by atoms with Gasteiger partial charge in [-0.05, 0) is 32.0 Å². The highest BCUT2D eigenvalue weighted by molar-refractivity contribution is 6.01. The summed E-state index contributed by atoms with van der Waals surface area (Å²) >= 11 is 0. The highest BCUT2D eigenvalue weighted by Crippen LogP contribution is 2.38. The van der Waals surface area contributed by atoms with E-state index in [0.29, 0.717) is 36.0 Å².